The Balaban J connectivity index is 0.000000184. The van der Waals surface area contributed by atoms with Crippen molar-refractivity contribution in [2.75, 3.05) is 0 Å². The van der Waals surface area contributed by atoms with Gasteiger partial charge in [-0.3, -0.25) is 0 Å². The number of hydrogen-bond acceptors (Lipinski definition) is 2. The first-order valence-electron chi connectivity index (χ1n) is 4.46. The molecule has 0 spiro atoms. The summed E-state index contributed by atoms with van der Waals surface area (Å²) >= 11 is 0. The van der Waals surface area contributed by atoms with E-state index in [2.05, 4.69) is 18.7 Å². The lowest BCUT2D eigenvalue weighted by Crippen LogP contribution is -2.07. The molecule has 0 aromatic carbocycles. The molecule has 2 aliphatic carbocycles. The van der Waals surface area contributed by atoms with Gasteiger partial charge in [0.05, 0.1) is 6.07 Å². The van der Waals surface area contributed by atoms with Crippen LogP contribution in [0.15, 0.2) is 24.8 Å². The standard InChI is InChI=1S/C8H10O.C3H3N/c9-5-8-4-6-1-2-7(8)3-6;1-2-3-4/h1-2,5-8H,3-4H2;2H,1H2. The number of carbonyl (C=O) groups is 1. The van der Waals surface area contributed by atoms with Gasteiger partial charge in [0, 0.05) is 12.0 Å². The van der Waals surface area contributed by atoms with E-state index in [1.807, 2.05) is 0 Å². The molecule has 68 valence electrons. The highest BCUT2D eigenvalue weighted by Gasteiger charge is 2.34. The highest BCUT2D eigenvalue weighted by Crippen LogP contribution is 2.42. The molecule has 0 radical (unpaired) electrons. The van der Waals surface area contributed by atoms with E-state index in [1.54, 1.807) is 6.07 Å². The van der Waals surface area contributed by atoms with Crippen LogP contribution in [0.1, 0.15) is 12.8 Å². The number of nitrogens with zero attached hydrogens (tertiary/aromatic N) is 1. The molecule has 1 saturated carbocycles. The molecule has 0 heterocycles. The number of aldehydes is 1. The normalized spacial score (nSPS) is 33.0. The smallest absolute Gasteiger partial charge is 0.123 e. The fourth-order valence-corrected chi connectivity index (χ4v) is 1.98. The number of allylic oxidation sites excluding steroid dienone is 3. The Bertz CT molecular complexity index is 262. The summed E-state index contributed by atoms with van der Waals surface area (Å²) in [6, 6.07) is 1.69. The second-order valence-electron chi connectivity index (χ2n) is 3.41. The van der Waals surface area contributed by atoms with Crippen LogP contribution >= 0.6 is 0 Å². The van der Waals surface area contributed by atoms with Crippen LogP contribution < -0.4 is 0 Å². The van der Waals surface area contributed by atoms with E-state index in [9.17, 15) is 4.79 Å². The van der Waals surface area contributed by atoms with Crippen molar-refractivity contribution < 1.29 is 4.79 Å². The second kappa shape index (κ2) is 4.61. The summed E-state index contributed by atoms with van der Waals surface area (Å²) in [6.07, 6.45) is 9.11. The third-order valence-corrected chi connectivity index (χ3v) is 2.60. The SMILES string of the molecule is C=CC#N.O=CC1CC2C=CC1C2. The van der Waals surface area contributed by atoms with Gasteiger partial charge in [-0.25, -0.2) is 0 Å². The Morgan fingerprint density at radius 2 is 2.15 bits per heavy atom. The van der Waals surface area contributed by atoms with Crippen molar-refractivity contribution in [1.82, 2.24) is 0 Å². The third-order valence-electron chi connectivity index (χ3n) is 2.60. The molecule has 0 aromatic rings. The Morgan fingerprint density at radius 3 is 2.38 bits per heavy atom. The van der Waals surface area contributed by atoms with E-state index in [-0.39, 0.29) is 0 Å². The summed E-state index contributed by atoms with van der Waals surface area (Å²) in [5.41, 5.74) is 0. The van der Waals surface area contributed by atoms with E-state index in [0.717, 1.165) is 18.6 Å². The van der Waals surface area contributed by atoms with Gasteiger partial charge in [-0.05, 0) is 24.7 Å². The molecule has 0 amide bonds. The fraction of sp³-hybridized carbons (Fsp3) is 0.455. The van der Waals surface area contributed by atoms with Gasteiger partial charge < -0.3 is 4.79 Å². The minimum Gasteiger partial charge on any atom is -0.303 e. The van der Waals surface area contributed by atoms with Crippen LogP contribution in [0.25, 0.3) is 0 Å². The molecule has 2 nitrogen and oxygen atoms in total. The quantitative estimate of drug-likeness (QED) is 0.348. The van der Waals surface area contributed by atoms with Crippen LogP contribution in [0.2, 0.25) is 0 Å². The van der Waals surface area contributed by atoms with E-state index in [4.69, 9.17) is 5.26 Å². The molecule has 0 N–H and O–H groups in total. The van der Waals surface area contributed by atoms with E-state index in [0.29, 0.717) is 11.8 Å². The van der Waals surface area contributed by atoms with Crippen molar-refractivity contribution in [2.45, 2.75) is 12.8 Å². The zero-order valence-electron chi connectivity index (χ0n) is 7.52. The first-order valence-corrected chi connectivity index (χ1v) is 4.46. The molecular weight excluding hydrogens is 162 g/mol. The van der Waals surface area contributed by atoms with Gasteiger partial charge in [-0.1, -0.05) is 18.7 Å². The van der Waals surface area contributed by atoms with Crippen LogP contribution in [-0.4, -0.2) is 6.29 Å². The van der Waals surface area contributed by atoms with E-state index >= 15 is 0 Å². The zero-order valence-corrected chi connectivity index (χ0v) is 7.52. The lowest BCUT2D eigenvalue weighted by Gasteiger charge is -2.08. The molecule has 13 heavy (non-hydrogen) atoms. The van der Waals surface area contributed by atoms with Crippen molar-refractivity contribution in [3.8, 4) is 6.07 Å². The fourth-order valence-electron chi connectivity index (χ4n) is 1.98. The largest absolute Gasteiger partial charge is 0.303 e. The van der Waals surface area contributed by atoms with E-state index < -0.39 is 0 Å². The molecule has 2 rings (SSSR count). The first-order chi connectivity index (χ1) is 6.31. The summed E-state index contributed by atoms with van der Waals surface area (Å²) < 4.78 is 0. The van der Waals surface area contributed by atoms with Gasteiger partial charge >= 0.3 is 0 Å². The molecule has 0 aromatic heterocycles. The van der Waals surface area contributed by atoms with E-state index in [1.165, 1.54) is 12.5 Å². The minimum absolute atomic E-state index is 0.361. The predicted octanol–water partition coefficient (Wildman–Crippen LogP) is 2.09. The molecule has 3 unspecified atom stereocenters. The minimum atomic E-state index is 0.361. The van der Waals surface area contributed by atoms with Gasteiger partial charge in [-0.15, -0.1) is 0 Å². The second-order valence-corrected chi connectivity index (χ2v) is 3.41. The summed E-state index contributed by atoms with van der Waals surface area (Å²) in [4.78, 5) is 10.4. The summed E-state index contributed by atoms with van der Waals surface area (Å²) in [7, 11) is 0. The molecule has 2 aliphatic rings. The van der Waals surface area contributed by atoms with Crippen molar-refractivity contribution in [2.24, 2.45) is 17.8 Å². The molecule has 0 aliphatic heterocycles. The molecular formula is C11H13NO. The highest BCUT2D eigenvalue weighted by atomic mass is 16.1. The number of carbonyl (C=O) groups excluding carboxylic acids is 1. The summed E-state index contributed by atoms with van der Waals surface area (Å²) in [5.74, 6) is 1.71. The highest BCUT2D eigenvalue weighted by molar-refractivity contribution is 5.56. The Kier molecular flexibility index (Phi) is 3.45. The maximum Gasteiger partial charge on any atom is 0.123 e. The van der Waals surface area contributed by atoms with Crippen molar-refractivity contribution in [3.05, 3.63) is 24.8 Å². The number of fused-ring (bicyclic) bond motifs is 2. The van der Waals surface area contributed by atoms with Crippen molar-refractivity contribution in [3.63, 3.8) is 0 Å². The molecule has 2 heteroatoms. The first kappa shape index (κ1) is 9.73. The number of rotatable bonds is 1. The molecule has 1 fully saturated rings. The maximum absolute atomic E-state index is 10.4. The molecule has 2 bridgehead atoms. The molecule has 3 atom stereocenters. The van der Waals surface area contributed by atoms with Gasteiger partial charge in [0.15, 0.2) is 0 Å². The Labute approximate surface area is 78.6 Å². The third kappa shape index (κ3) is 2.29. The van der Waals surface area contributed by atoms with Crippen LogP contribution in [-0.2, 0) is 4.79 Å². The lowest BCUT2D eigenvalue weighted by molar-refractivity contribution is -0.111. The van der Waals surface area contributed by atoms with Gasteiger partial charge in [0.1, 0.15) is 6.29 Å². The maximum atomic E-state index is 10.4. The average molecular weight is 175 g/mol. The average Bonchev–Trinajstić information content (AvgIpc) is 2.79. The Morgan fingerprint density at radius 1 is 1.46 bits per heavy atom. The Hall–Kier alpha value is -1.36. The van der Waals surface area contributed by atoms with Crippen molar-refractivity contribution in [1.29, 1.82) is 5.26 Å². The van der Waals surface area contributed by atoms with Gasteiger partial charge in [0.2, 0.25) is 0 Å². The zero-order chi connectivity index (χ0) is 9.68. The number of hydrogen-bond donors (Lipinski definition) is 0. The summed E-state index contributed by atoms with van der Waals surface area (Å²) in [6.45, 7) is 3.12. The van der Waals surface area contributed by atoms with Crippen molar-refractivity contribution >= 4 is 6.29 Å². The van der Waals surface area contributed by atoms with Crippen LogP contribution in [0.4, 0.5) is 0 Å². The molecule has 0 saturated heterocycles. The lowest BCUT2D eigenvalue weighted by atomic mass is 9.95. The van der Waals surface area contributed by atoms with Crippen LogP contribution in [0.3, 0.4) is 0 Å². The number of nitriles is 1. The van der Waals surface area contributed by atoms with Gasteiger partial charge in [0.25, 0.3) is 0 Å². The van der Waals surface area contributed by atoms with Crippen LogP contribution in [0.5, 0.6) is 0 Å². The predicted molar refractivity (Wildman–Crippen MR) is 50.7 cm³/mol. The summed E-state index contributed by atoms with van der Waals surface area (Å²) in [5, 5.41) is 7.51. The van der Waals surface area contributed by atoms with Crippen LogP contribution in [0, 0.1) is 29.1 Å². The topological polar surface area (TPSA) is 40.9 Å². The van der Waals surface area contributed by atoms with Gasteiger partial charge in [-0.2, -0.15) is 5.26 Å². The monoisotopic (exact) mass is 175 g/mol.